The lowest BCUT2D eigenvalue weighted by Gasteiger charge is -2.38. The van der Waals surface area contributed by atoms with Crippen LogP contribution >= 0.6 is 0 Å². The molecule has 1 saturated carbocycles. The normalized spacial score (nSPS) is 26.9. The summed E-state index contributed by atoms with van der Waals surface area (Å²) in [6.45, 7) is 0.465. The van der Waals surface area contributed by atoms with E-state index in [0.717, 1.165) is 5.56 Å². The first-order chi connectivity index (χ1) is 8.16. The van der Waals surface area contributed by atoms with Gasteiger partial charge in [-0.2, -0.15) is 5.26 Å². The van der Waals surface area contributed by atoms with Crippen LogP contribution in [0.25, 0.3) is 0 Å². The molecule has 0 heterocycles. The lowest BCUT2D eigenvalue weighted by molar-refractivity contribution is -0.160. The molecule has 1 aromatic rings. The van der Waals surface area contributed by atoms with Crippen molar-refractivity contribution in [2.24, 2.45) is 5.41 Å². The second-order valence-corrected chi connectivity index (χ2v) is 4.33. The maximum Gasteiger partial charge on any atom is 0.324 e. The van der Waals surface area contributed by atoms with E-state index >= 15 is 0 Å². The lowest BCUT2D eigenvalue weighted by atomic mass is 9.68. The average molecular weight is 231 g/mol. The molecule has 0 aliphatic heterocycles. The zero-order valence-corrected chi connectivity index (χ0v) is 9.30. The van der Waals surface area contributed by atoms with E-state index in [0.29, 0.717) is 6.61 Å². The van der Waals surface area contributed by atoms with Crippen molar-refractivity contribution in [3.8, 4) is 6.07 Å². The highest BCUT2D eigenvalue weighted by atomic mass is 16.5. The largest absolute Gasteiger partial charge is 0.480 e. The van der Waals surface area contributed by atoms with E-state index in [9.17, 15) is 4.79 Å². The minimum atomic E-state index is -1.22. The zero-order chi connectivity index (χ0) is 12.3. The average Bonchev–Trinajstić information content (AvgIpc) is 2.29. The van der Waals surface area contributed by atoms with Gasteiger partial charge in [-0.15, -0.1) is 0 Å². The van der Waals surface area contributed by atoms with Gasteiger partial charge in [0.25, 0.3) is 0 Å². The monoisotopic (exact) mass is 231 g/mol. The Bertz CT molecular complexity index is 443. The number of hydrogen-bond acceptors (Lipinski definition) is 3. The number of nitriles is 1. The number of carboxylic acids is 1. The fraction of sp³-hybridized carbons (Fsp3) is 0.385. The van der Waals surface area contributed by atoms with Crippen molar-refractivity contribution >= 4 is 5.97 Å². The SMILES string of the molecule is N#CC1(C(=O)O)CC(OCc2ccccc2)C1. The van der Waals surface area contributed by atoms with Crippen molar-refractivity contribution in [1.82, 2.24) is 0 Å². The molecular weight excluding hydrogens is 218 g/mol. The Labute approximate surface area is 99.4 Å². The van der Waals surface area contributed by atoms with Gasteiger partial charge in [0.15, 0.2) is 5.41 Å². The number of ether oxygens (including phenoxy) is 1. The van der Waals surface area contributed by atoms with E-state index in [1.165, 1.54) is 0 Å². The molecule has 17 heavy (non-hydrogen) atoms. The van der Waals surface area contributed by atoms with Gasteiger partial charge in [0.1, 0.15) is 0 Å². The van der Waals surface area contributed by atoms with Crippen molar-refractivity contribution < 1.29 is 14.6 Å². The van der Waals surface area contributed by atoms with E-state index in [4.69, 9.17) is 15.1 Å². The van der Waals surface area contributed by atoms with E-state index in [1.54, 1.807) is 0 Å². The molecule has 2 rings (SSSR count). The summed E-state index contributed by atoms with van der Waals surface area (Å²) in [7, 11) is 0. The summed E-state index contributed by atoms with van der Waals surface area (Å²) >= 11 is 0. The van der Waals surface area contributed by atoms with Crippen molar-refractivity contribution in [3.63, 3.8) is 0 Å². The first-order valence-electron chi connectivity index (χ1n) is 5.46. The van der Waals surface area contributed by atoms with Gasteiger partial charge in [0, 0.05) is 12.8 Å². The highest BCUT2D eigenvalue weighted by Gasteiger charge is 2.51. The van der Waals surface area contributed by atoms with Gasteiger partial charge >= 0.3 is 5.97 Å². The van der Waals surface area contributed by atoms with Crippen LogP contribution < -0.4 is 0 Å². The minimum absolute atomic E-state index is 0.119. The molecule has 0 atom stereocenters. The number of hydrogen-bond donors (Lipinski definition) is 1. The number of nitrogens with zero attached hydrogens (tertiary/aromatic N) is 1. The van der Waals surface area contributed by atoms with E-state index in [2.05, 4.69) is 0 Å². The predicted molar refractivity (Wildman–Crippen MR) is 59.9 cm³/mol. The predicted octanol–water partition coefficient (Wildman–Crippen LogP) is 1.96. The van der Waals surface area contributed by atoms with Gasteiger partial charge in [0.2, 0.25) is 0 Å². The summed E-state index contributed by atoms with van der Waals surface area (Å²) in [5.41, 5.74) is -0.168. The summed E-state index contributed by atoms with van der Waals surface area (Å²) in [6, 6.07) is 11.5. The fourth-order valence-corrected chi connectivity index (χ4v) is 1.94. The van der Waals surface area contributed by atoms with Gasteiger partial charge in [-0.3, -0.25) is 4.79 Å². The molecular formula is C13H13NO3. The Morgan fingerprint density at radius 1 is 1.47 bits per heavy atom. The Balaban J connectivity index is 1.82. The van der Waals surface area contributed by atoms with Gasteiger partial charge in [0.05, 0.1) is 18.8 Å². The van der Waals surface area contributed by atoms with Crippen LogP contribution in [0.15, 0.2) is 30.3 Å². The molecule has 1 aliphatic rings. The summed E-state index contributed by atoms with van der Waals surface area (Å²) in [4.78, 5) is 10.9. The van der Waals surface area contributed by atoms with Gasteiger partial charge < -0.3 is 9.84 Å². The molecule has 88 valence electrons. The molecule has 0 bridgehead atoms. The van der Waals surface area contributed by atoms with Crippen LogP contribution in [0.5, 0.6) is 0 Å². The van der Waals surface area contributed by atoms with E-state index in [1.807, 2.05) is 36.4 Å². The van der Waals surface area contributed by atoms with Gasteiger partial charge in [-0.25, -0.2) is 0 Å². The second kappa shape index (κ2) is 4.56. The first kappa shape index (κ1) is 11.6. The molecule has 4 nitrogen and oxygen atoms in total. The quantitative estimate of drug-likeness (QED) is 0.859. The number of carboxylic acid groups (broad SMARTS) is 1. The smallest absolute Gasteiger partial charge is 0.324 e. The van der Waals surface area contributed by atoms with Crippen molar-refractivity contribution in [3.05, 3.63) is 35.9 Å². The molecule has 0 radical (unpaired) electrons. The summed E-state index contributed by atoms with van der Waals surface area (Å²) in [5.74, 6) is -1.04. The molecule has 0 spiro atoms. The lowest BCUT2D eigenvalue weighted by Crippen LogP contribution is -2.46. The molecule has 1 fully saturated rings. The Kier molecular flexibility index (Phi) is 3.12. The van der Waals surface area contributed by atoms with E-state index in [-0.39, 0.29) is 18.9 Å². The van der Waals surface area contributed by atoms with Crippen molar-refractivity contribution in [2.45, 2.75) is 25.6 Å². The number of carbonyl (C=O) groups is 1. The Morgan fingerprint density at radius 2 is 2.12 bits per heavy atom. The van der Waals surface area contributed by atoms with Crippen molar-refractivity contribution in [2.75, 3.05) is 0 Å². The van der Waals surface area contributed by atoms with Crippen LogP contribution in [0.4, 0.5) is 0 Å². The topological polar surface area (TPSA) is 70.3 Å². The molecule has 0 aromatic heterocycles. The highest BCUT2D eigenvalue weighted by molar-refractivity contribution is 5.79. The van der Waals surface area contributed by atoms with Crippen LogP contribution in [0, 0.1) is 16.7 Å². The number of rotatable bonds is 4. The Morgan fingerprint density at radius 3 is 2.65 bits per heavy atom. The fourth-order valence-electron chi connectivity index (χ4n) is 1.94. The zero-order valence-electron chi connectivity index (χ0n) is 9.30. The Hall–Kier alpha value is -1.86. The molecule has 1 N–H and O–H groups in total. The van der Waals surface area contributed by atoms with Gasteiger partial charge in [-0.1, -0.05) is 30.3 Å². The number of benzene rings is 1. The van der Waals surface area contributed by atoms with Crippen molar-refractivity contribution in [1.29, 1.82) is 5.26 Å². The highest BCUT2D eigenvalue weighted by Crippen LogP contribution is 2.42. The molecule has 4 heteroatoms. The molecule has 0 saturated heterocycles. The molecule has 1 aromatic carbocycles. The third kappa shape index (κ3) is 2.29. The van der Waals surface area contributed by atoms with Crippen LogP contribution in [0.1, 0.15) is 18.4 Å². The summed E-state index contributed by atoms with van der Waals surface area (Å²) in [5, 5.41) is 17.7. The molecule has 1 aliphatic carbocycles. The minimum Gasteiger partial charge on any atom is -0.480 e. The van der Waals surface area contributed by atoms with Crippen LogP contribution in [0.3, 0.4) is 0 Å². The van der Waals surface area contributed by atoms with Crippen LogP contribution in [-0.4, -0.2) is 17.2 Å². The van der Waals surface area contributed by atoms with Gasteiger partial charge in [-0.05, 0) is 5.56 Å². The summed E-state index contributed by atoms with van der Waals surface area (Å²) in [6.07, 6.45) is 0.447. The summed E-state index contributed by atoms with van der Waals surface area (Å²) < 4.78 is 5.56. The van der Waals surface area contributed by atoms with Crippen LogP contribution in [-0.2, 0) is 16.1 Å². The van der Waals surface area contributed by atoms with E-state index < -0.39 is 11.4 Å². The maximum atomic E-state index is 10.9. The first-order valence-corrected chi connectivity index (χ1v) is 5.46. The van der Waals surface area contributed by atoms with Crippen LogP contribution in [0.2, 0.25) is 0 Å². The standard InChI is InChI=1S/C13H13NO3/c14-9-13(12(15)16)6-11(7-13)17-8-10-4-2-1-3-5-10/h1-5,11H,6-8H2,(H,15,16). The third-order valence-corrected chi connectivity index (χ3v) is 3.10. The molecule has 0 unspecified atom stereocenters. The maximum absolute atomic E-state index is 10.9. The second-order valence-electron chi connectivity index (χ2n) is 4.33. The molecule has 0 amide bonds. The number of aliphatic carboxylic acids is 1. The third-order valence-electron chi connectivity index (χ3n) is 3.10.